The van der Waals surface area contributed by atoms with Gasteiger partial charge in [-0.05, 0) is 18.4 Å². The summed E-state index contributed by atoms with van der Waals surface area (Å²) < 4.78 is 0. The van der Waals surface area contributed by atoms with E-state index in [1.807, 2.05) is 32.0 Å². The fourth-order valence-corrected chi connectivity index (χ4v) is 1.91. The molecule has 0 radical (unpaired) electrons. The lowest BCUT2D eigenvalue weighted by molar-refractivity contribution is -0.121. The maximum Gasteiger partial charge on any atom is 0.220 e. The number of hydrogen-bond donors (Lipinski definition) is 1. The summed E-state index contributed by atoms with van der Waals surface area (Å²) in [6, 6.07) is 10.4. The molecule has 1 atom stereocenters. The lowest BCUT2D eigenvalue weighted by atomic mass is 10.0. The van der Waals surface area contributed by atoms with Crippen LogP contribution in [0.4, 0.5) is 0 Å². The smallest absolute Gasteiger partial charge is 0.220 e. The summed E-state index contributed by atoms with van der Waals surface area (Å²) in [6.07, 6.45) is 3.91. The number of benzene rings is 1. The molecule has 0 bridgehead atoms. The van der Waals surface area contributed by atoms with E-state index in [0.29, 0.717) is 6.42 Å². The van der Waals surface area contributed by atoms with Crippen LogP contribution >= 0.6 is 0 Å². The van der Waals surface area contributed by atoms with Crippen LogP contribution in [0.2, 0.25) is 0 Å². The summed E-state index contributed by atoms with van der Waals surface area (Å²) in [4.78, 5) is 11.4. The summed E-state index contributed by atoms with van der Waals surface area (Å²) in [5, 5.41) is 3.06. The maximum absolute atomic E-state index is 11.4. The Hall–Kier alpha value is -1.31. The van der Waals surface area contributed by atoms with E-state index in [-0.39, 0.29) is 11.9 Å². The van der Waals surface area contributed by atoms with Crippen molar-refractivity contribution in [3.8, 4) is 0 Å². The quantitative estimate of drug-likeness (QED) is 0.770. The van der Waals surface area contributed by atoms with Gasteiger partial charge in [0.15, 0.2) is 0 Å². The molecular formula is C14H21NO. The van der Waals surface area contributed by atoms with E-state index in [0.717, 1.165) is 19.3 Å². The van der Waals surface area contributed by atoms with Crippen molar-refractivity contribution < 1.29 is 4.79 Å². The number of carbonyl (C=O) groups excluding carboxylic acids is 1. The first kappa shape index (κ1) is 12.8. The van der Waals surface area contributed by atoms with Crippen LogP contribution in [0.5, 0.6) is 0 Å². The highest BCUT2D eigenvalue weighted by molar-refractivity contribution is 5.76. The van der Waals surface area contributed by atoms with E-state index >= 15 is 0 Å². The minimum Gasteiger partial charge on any atom is -0.349 e. The van der Waals surface area contributed by atoms with Crippen LogP contribution < -0.4 is 5.32 Å². The third-order valence-electron chi connectivity index (χ3n) is 2.68. The Labute approximate surface area is 98.1 Å². The van der Waals surface area contributed by atoms with Crippen LogP contribution in [0.25, 0.3) is 0 Å². The Morgan fingerprint density at radius 2 is 1.81 bits per heavy atom. The Kier molecular flexibility index (Phi) is 5.62. The molecule has 2 heteroatoms. The molecule has 1 fully saturated rings. The highest BCUT2D eigenvalue weighted by Crippen LogP contribution is 2.22. The molecule has 88 valence electrons. The molecule has 0 aliphatic carbocycles. The first-order valence-corrected chi connectivity index (χ1v) is 6.20. The van der Waals surface area contributed by atoms with Crippen LogP contribution in [0.1, 0.15) is 51.1 Å². The molecule has 0 saturated carbocycles. The van der Waals surface area contributed by atoms with Crippen molar-refractivity contribution in [1.82, 2.24) is 5.32 Å². The largest absolute Gasteiger partial charge is 0.349 e. The molecule has 2 nitrogen and oxygen atoms in total. The molecule has 1 aliphatic rings. The summed E-state index contributed by atoms with van der Waals surface area (Å²) in [5.74, 6) is 0.191. The van der Waals surface area contributed by atoms with Crippen LogP contribution in [0.15, 0.2) is 30.3 Å². The van der Waals surface area contributed by atoms with Gasteiger partial charge in [0.2, 0.25) is 5.91 Å². The molecule has 1 N–H and O–H groups in total. The zero-order chi connectivity index (χ0) is 11.8. The van der Waals surface area contributed by atoms with Gasteiger partial charge in [-0.1, -0.05) is 50.6 Å². The van der Waals surface area contributed by atoms with Crippen molar-refractivity contribution in [3.63, 3.8) is 0 Å². The highest BCUT2D eigenvalue weighted by Gasteiger charge is 2.17. The Bertz CT molecular complexity index is 308. The van der Waals surface area contributed by atoms with Crippen molar-refractivity contribution in [1.29, 1.82) is 0 Å². The monoisotopic (exact) mass is 219 g/mol. The molecule has 1 aromatic rings. The lowest BCUT2D eigenvalue weighted by Crippen LogP contribution is -2.25. The zero-order valence-corrected chi connectivity index (χ0v) is 10.2. The van der Waals surface area contributed by atoms with Crippen molar-refractivity contribution in [2.24, 2.45) is 0 Å². The highest BCUT2D eigenvalue weighted by atomic mass is 16.1. The summed E-state index contributed by atoms with van der Waals surface area (Å²) in [6.45, 7) is 4.00. The standard InChI is InChI=1S/C12H15NO.C2H6/c14-12-9-5-4-8-11(13-12)10-6-2-1-3-7-10;1-2/h1-3,6-7,11H,4-5,8-9H2,(H,13,14);1-2H3. The van der Waals surface area contributed by atoms with E-state index in [2.05, 4.69) is 17.4 Å². The molecule has 1 saturated heterocycles. The van der Waals surface area contributed by atoms with Crippen LogP contribution in [-0.4, -0.2) is 5.91 Å². The second kappa shape index (κ2) is 7.04. The SMILES string of the molecule is CC.O=C1CCCCC(c2ccccc2)N1. The van der Waals surface area contributed by atoms with Gasteiger partial charge in [-0.3, -0.25) is 4.79 Å². The van der Waals surface area contributed by atoms with E-state index in [1.54, 1.807) is 0 Å². The van der Waals surface area contributed by atoms with Gasteiger partial charge in [-0.15, -0.1) is 0 Å². The van der Waals surface area contributed by atoms with Crippen LogP contribution in [0.3, 0.4) is 0 Å². The number of nitrogens with one attached hydrogen (secondary N) is 1. The fourth-order valence-electron chi connectivity index (χ4n) is 1.91. The molecule has 1 aromatic carbocycles. The molecule has 1 heterocycles. The fraction of sp³-hybridized carbons (Fsp3) is 0.500. The van der Waals surface area contributed by atoms with Gasteiger partial charge in [0.1, 0.15) is 0 Å². The first-order valence-electron chi connectivity index (χ1n) is 6.20. The number of amides is 1. The topological polar surface area (TPSA) is 29.1 Å². The third-order valence-corrected chi connectivity index (χ3v) is 2.68. The second-order valence-corrected chi connectivity index (χ2v) is 3.78. The van der Waals surface area contributed by atoms with E-state index in [1.165, 1.54) is 5.56 Å². The van der Waals surface area contributed by atoms with E-state index < -0.39 is 0 Å². The molecule has 1 unspecified atom stereocenters. The molecule has 2 rings (SSSR count). The lowest BCUT2D eigenvalue weighted by Gasteiger charge is -2.15. The Morgan fingerprint density at radius 1 is 1.12 bits per heavy atom. The number of rotatable bonds is 1. The van der Waals surface area contributed by atoms with Crippen molar-refractivity contribution in [2.45, 2.75) is 45.6 Å². The van der Waals surface area contributed by atoms with Crippen molar-refractivity contribution in [2.75, 3.05) is 0 Å². The van der Waals surface area contributed by atoms with Crippen molar-refractivity contribution >= 4 is 5.91 Å². The molecular weight excluding hydrogens is 198 g/mol. The normalized spacial score (nSPS) is 20.1. The Balaban J connectivity index is 0.000000606. The van der Waals surface area contributed by atoms with Gasteiger partial charge >= 0.3 is 0 Å². The Morgan fingerprint density at radius 3 is 2.50 bits per heavy atom. The van der Waals surface area contributed by atoms with Gasteiger partial charge in [0.25, 0.3) is 0 Å². The molecule has 0 aromatic heterocycles. The predicted molar refractivity (Wildman–Crippen MR) is 67.1 cm³/mol. The summed E-state index contributed by atoms with van der Waals surface area (Å²) in [7, 11) is 0. The van der Waals surface area contributed by atoms with Crippen LogP contribution in [-0.2, 0) is 4.79 Å². The van der Waals surface area contributed by atoms with Gasteiger partial charge in [0.05, 0.1) is 6.04 Å². The third kappa shape index (κ3) is 3.69. The van der Waals surface area contributed by atoms with E-state index in [9.17, 15) is 4.79 Å². The molecule has 0 spiro atoms. The van der Waals surface area contributed by atoms with E-state index in [4.69, 9.17) is 0 Å². The number of carbonyl (C=O) groups is 1. The summed E-state index contributed by atoms with van der Waals surface area (Å²) >= 11 is 0. The molecule has 16 heavy (non-hydrogen) atoms. The number of hydrogen-bond acceptors (Lipinski definition) is 1. The maximum atomic E-state index is 11.4. The van der Waals surface area contributed by atoms with Gasteiger partial charge in [-0.25, -0.2) is 0 Å². The van der Waals surface area contributed by atoms with Crippen molar-refractivity contribution in [3.05, 3.63) is 35.9 Å². The van der Waals surface area contributed by atoms with Crippen LogP contribution in [0, 0.1) is 0 Å². The minimum atomic E-state index is 0.191. The average Bonchev–Trinajstić information content (AvgIpc) is 2.58. The zero-order valence-electron chi connectivity index (χ0n) is 10.2. The second-order valence-electron chi connectivity index (χ2n) is 3.78. The molecule has 1 aliphatic heterocycles. The van der Waals surface area contributed by atoms with Gasteiger partial charge < -0.3 is 5.32 Å². The predicted octanol–water partition coefficient (Wildman–Crippen LogP) is 3.44. The summed E-state index contributed by atoms with van der Waals surface area (Å²) in [5.41, 5.74) is 1.22. The van der Waals surface area contributed by atoms with Gasteiger partial charge in [-0.2, -0.15) is 0 Å². The minimum absolute atomic E-state index is 0.191. The average molecular weight is 219 g/mol. The molecule has 1 amide bonds. The first-order chi connectivity index (χ1) is 7.86. The van der Waals surface area contributed by atoms with Gasteiger partial charge in [0, 0.05) is 6.42 Å².